The first-order chi connectivity index (χ1) is 6.54. The number of aromatic nitrogens is 2. The van der Waals surface area contributed by atoms with E-state index in [0.29, 0.717) is 5.92 Å². The number of hydrogen-bond donors (Lipinski definition) is 1. The predicted octanol–water partition coefficient (Wildman–Crippen LogP) is 2.20. The van der Waals surface area contributed by atoms with Gasteiger partial charge in [-0.2, -0.15) is 0 Å². The summed E-state index contributed by atoms with van der Waals surface area (Å²) in [5.74, 6) is 0.461. The molecular formula is C10H15IN2O. The van der Waals surface area contributed by atoms with Crippen LogP contribution >= 0.6 is 22.6 Å². The Labute approximate surface area is 98.1 Å². The third-order valence-corrected chi connectivity index (χ3v) is 3.08. The van der Waals surface area contributed by atoms with Gasteiger partial charge in [-0.15, -0.1) is 0 Å². The summed E-state index contributed by atoms with van der Waals surface area (Å²) in [6.07, 6.45) is 2.94. The van der Waals surface area contributed by atoms with Crippen LogP contribution in [0.2, 0.25) is 0 Å². The summed E-state index contributed by atoms with van der Waals surface area (Å²) in [7, 11) is 0. The van der Waals surface area contributed by atoms with Gasteiger partial charge in [0, 0.05) is 12.1 Å². The van der Waals surface area contributed by atoms with Gasteiger partial charge in [-0.05, 0) is 35.4 Å². The quantitative estimate of drug-likeness (QED) is 0.871. The summed E-state index contributed by atoms with van der Waals surface area (Å²) in [4.78, 5) is 8.19. The Kier molecular flexibility index (Phi) is 4.25. The van der Waals surface area contributed by atoms with Crippen LogP contribution in [0.1, 0.15) is 32.4 Å². The van der Waals surface area contributed by atoms with E-state index in [0.717, 1.165) is 9.26 Å². The van der Waals surface area contributed by atoms with Crippen molar-refractivity contribution in [3.05, 3.63) is 21.8 Å². The van der Waals surface area contributed by atoms with E-state index in [1.807, 2.05) is 6.92 Å². The normalized spacial score (nSPS) is 15.6. The van der Waals surface area contributed by atoms with E-state index >= 15 is 0 Å². The largest absolute Gasteiger partial charge is 0.393 e. The van der Waals surface area contributed by atoms with E-state index < -0.39 is 0 Å². The molecule has 0 bridgehead atoms. The fourth-order valence-electron chi connectivity index (χ4n) is 1.67. The molecule has 0 aliphatic carbocycles. The second kappa shape index (κ2) is 5.02. The number of aliphatic hydroxyl groups is 1. The molecule has 0 amide bonds. The highest BCUT2D eigenvalue weighted by Gasteiger charge is 2.24. The van der Waals surface area contributed by atoms with Crippen LogP contribution in [0.25, 0.3) is 0 Å². The zero-order valence-electron chi connectivity index (χ0n) is 8.61. The highest BCUT2D eigenvalue weighted by molar-refractivity contribution is 14.1. The molecule has 0 saturated heterocycles. The van der Waals surface area contributed by atoms with Crippen molar-refractivity contribution in [1.29, 1.82) is 0 Å². The average Bonchev–Trinajstić information content (AvgIpc) is 2.07. The van der Waals surface area contributed by atoms with Crippen LogP contribution in [0.3, 0.4) is 0 Å². The van der Waals surface area contributed by atoms with Gasteiger partial charge in [-0.1, -0.05) is 13.8 Å². The Morgan fingerprint density at radius 1 is 1.36 bits per heavy atom. The highest BCUT2D eigenvalue weighted by Crippen LogP contribution is 2.28. The second-order valence-electron chi connectivity index (χ2n) is 3.77. The van der Waals surface area contributed by atoms with E-state index in [1.54, 1.807) is 6.20 Å². The minimum absolute atomic E-state index is 0.0879. The zero-order chi connectivity index (χ0) is 10.7. The first-order valence-corrected chi connectivity index (χ1v) is 5.75. The monoisotopic (exact) mass is 306 g/mol. The van der Waals surface area contributed by atoms with Gasteiger partial charge in [-0.3, -0.25) is 0 Å². The molecule has 1 rings (SSSR count). The van der Waals surface area contributed by atoms with Gasteiger partial charge in [0.25, 0.3) is 0 Å². The van der Waals surface area contributed by atoms with Gasteiger partial charge in [0.15, 0.2) is 0 Å². The van der Waals surface area contributed by atoms with Gasteiger partial charge in [0.2, 0.25) is 0 Å². The van der Waals surface area contributed by atoms with Crippen molar-refractivity contribution < 1.29 is 5.11 Å². The van der Waals surface area contributed by atoms with E-state index in [2.05, 4.69) is 46.4 Å². The number of nitrogens with zero attached hydrogens (tertiary/aromatic N) is 2. The van der Waals surface area contributed by atoms with Crippen LogP contribution < -0.4 is 0 Å². The molecule has 2 atom stereocenters. The topological polar surface area (TPSA) is 46.0 Å². The van der Waals surface area contributed by atoms with Crippen molar-refractivity contribution in [2.75, 3.05) is 0 Å². The van der Waals surface area contributed by atoms with E-state index in [9.17, 15) is 5.11 Å². The molecule has 2 unspecified atom stereocenters. The average molecular weight is 306 g/mol. The molecule has 14 heavy (non-hydrogen) atoms. The van der Waals surface area contributed by atoms with Crippen LogP contribution in [-0.4, -0.2) is 21.2 Å². The van der Waals surface area contributed by atoms with Gasteiger partial charge in [0.1, 0.15) is 6.33 Å². The molecule has 0 radical (unpaired) electrons. The Morgan fingerprint density at radius 2 is 2.00 bits per heavy atom. The lowest BCUT2D eigenvalue weighted by molar-refractivity contribution is 0.137. The molecule has 1 aromatic heterocycles. The summed E-state index contributed by atoms with van der Waals surface area (Å²) in [5.41, 5.74) is 0.950. The van der Waals surface area contributed by atoms with Gasteiger partial charge in [0.05, 0.1) is 15.4 Å². The SMILES string of the molecule is CC(C)C(c1ncncc1I)C(C)O. The maximum Gasteiger partial charge on any atom is 0.115 e. The van der Waals surface area contributed by atoms with Crippen molar-refractivity contribution in [2.24, 2.45) is 5.92 Å². The first kappa shape index (κ1) is 11.8. The van der Waals surface area contributed by atoms with Crippen molar-refractivity contribution in [1.82, 2.24) is 9.97 Å². The van der Waals surface area contributed by atoms with Gasteiger partial charge >= 0.3 is 0 Å². The second-order valence-corrected chi connectivity index (χ2v) is 4.93. The van der Waals surface area contributed by atoms with Crippen molar-refractivity contribution in [3.8, 4) is 0 Å². The molecular weight excluding hydrogens is 291 g/mol. The van der Waals surface area contributed by atoms with Crippen LogP contribution in [0, 0.1) is 9.49 Å². The maximum absolute atomic E-state index is 9.70. The summed E-state index contributed by atoms with van der Waals surface area (Å²) in [5, 5.41) is 9.70. The van der Waals surface area contributed by atoms with Crippen LogP contribution in [0.5, 0.6) is 0 Å². The number of hydrogen-bond acceptors (Lipinski definition) is 3. The minimum Gasteiger partial charge on any atom is -0.393 e. The molecule has 0 aromatic carbocycles. The Balaban J connectivity index is 3.05. The summed E-state index contributed by atoms with van der Waals surface area (Å²) in [6, 6.07) is 0. The van der Waals surface area contributed by atoms with E-state index in [1.165, 1.54) is 6.33 Å². The number of halogens is 1. The fraction of sp³-hybridized carbons (Fsp3) is 0.600. The first-order valence-electron chi connectivity index (χ1n) is 4.67. The Morgan fingerprint density at radius 3 is 2.43 bits per heavy atom. The van der Waals surface area contributed by atoms with Crippen LogP contribution in [0.15, 0.2) is 12.5 Å². The molecule has 0 fully saturated rings. The lowest BCUT2D eigenvalue weighted by Crippen LogP contribution is -2.22. The van der Waals surface area contributed by atoms with Crippen LogP contribution in [-0.2, 0) is 0 Å². The van der Waals surface area contributed by atoms with E-state index in [4.69, 9.17) is 0 Å². The molecule has 4 heteroatoms. The Bertz CT molecular complexity index is 294. The summed E-state index contributed by atoms with van der Waals surface area (Å²) >= 11 is 2.21. The number of rotatable bonds is 3. The van der Waals surface area contributed by atoms with Crippen molar-refractivity contribution >= 4 is 22.6 Å². The minimum atomic E-state index is -0.376. The lowest BCUT2D eigenvalue weighted by atomic mass is 9.88. The van der Waals surface area contributed by atoms with E-state index in [-0.39, 0.29) is 12.0 Å². The van der Waals surface area contributed by atoms with Crippen LogP contribution in [0.4, 0.5) is 0 Å². The standard InChI is InChI=1S/C10H15IN2O/c1-6(2)9(7(3)14)10-8(11)4-12-5-13-10/h4-7,9,14H,1-3H3. The molecule has 1 aromatic rings. The summed E-state index contributed by atoms with van der Waals surface area (Å²) < 4.78 is 1.02. The third kappa shape index (κ3) is 2.63. The summed E-state index contributed by atoms with van der Waals surface area (Å²) in [6.45, 7) is 5.99. The molecule has 1 heterocycles. The molecule has 78 valence electrons. The molecule has 0 saturated carbocycles. The molecule has 1 N–H and O–H groups in total. The predicted molar refractivity (Wildman–Crippen MR) is 64.0 cm³/mol. The molecule has 0 aliphatic heterocycles. The van der Waals surface area contributed by atoms with Crippen molar-refractivity contribution in [3.63, 3.8) is 0 Å². The highest BCUT2D eigenvalue weighted by atomic mass is 127. The third-order valence-electron chi connectivity index (χ3n) is 2.25. The molecule has 0 aliphatic rings. The fourth-order valence-corrected chi connectivity index (χ4v) is 2.33. The zero-order valence-corrected chi connectivity index (χ0v) is 10.8. The van der Waals surface area contributed by atoms with Crippen molar-refractivity contribution in [2.45, 2.75) is 32.8 Å². The molecule has 3 nitrogen and oxygen atoms in total. The van der Waals surface area contributed by atoms with Gasteiger partial charge in [-0.25, -0.2) is 9.97 Å². The smallest absolute Gasteiger partial charge is 0.115 e. The van der Waals surface area contributed by atoms with Gasteiger partial charge < -0.3 is 5.11 Å². The number of aliphatic hydroxyl groups excluding tert-OH is 1. The Hall–Kier alpha value is -0.230. The maximum atomic E-state index is 9.70. The molecule has 0 spiro atoms. The lowest BCUT2D eigenvalue weighted by Gasteiger charge is -2.23.